The number of anilines is 4. The summed E-state index contributed by atoms with van der Waals surface area (Å²) in [5.41, 5.74) is 3.73. The van der Waals surface area contributed by atoms with E-state index in [0.29, 0.717) is 11.9 Å². The van der Waals surface area contributed by atoms with Gasteiger partial charge in [-0.15, -0.1) is 0 Å². The van der Waals surface area contributed by atoms with Crippen molar-refractivity contribution in [1.82, 2.24) is 40.4 Å². The van der Waals surface area contributed by atoms with Crippen LogP contribution in [0.3, 0.4) is 0 Å². The molecule has 176 valence electrons. The molecule has 0 aliphatic rings. The van der Waals surface area contributed by atoms with Gasteiger partial charge in [0, 0.05) is 11.4 Å². The third-order valence-corrected chi connectivity index (χ3v) is 5.00. The van der Waals surface area contributed by atoms with Crippen LogP contribution >= 0.6 is 0 Å². The van der Waals surface area contributed by atoms with Crippen LogP contribution in [0.25, 0.3) is 11.4 Å². The summed E-state index contributed by atoms with van der Waals surface area (Å²) in [5, 5.41) is 29.7. The van der Waals surface area contributed by atoms with E-state index in [1.807, 2.05) is 121 Å². The van der Waals surface area contributed by atoms with Gasteiger partial charge in [-0.25, -0.2) is 0 Å². The molecule has 36 heavy (non-hydrogen) atoms. The van der Waals surface area contributed by atoms with Crippen molar-refractivity contribution in [2.24, 2.45) is 0 Å². The van der Waals surface area contributed by atoms with Gasteiger partial charge in [-0.1, -0.05) is 83.0 Å². The highest BCUT2D eigenvalue weighted by molar-refractivity contribution is 5.55. The van der Waals surface area contributed by atoms with E-state index in [4.69, 9.17) is 0 Å². The Morgan fingerprint density at radius 3 is 1.11 bits per heavy atom. The highest BCUT2D eigenvalue weighted by Gasteiger charge is 2.08. The first-order valence-corrected chi connectivity index (χ1v) is 11.2. The molecule has 0 unspecified atom stereocenters. The molecule has 0 aliphatic carbocycles. The summed E-state index contributed by atoms with van der Waals surface area (Å²) in [5.74, 6) is 1.18. The summed E-state index contributed by atoms with van der Waals surface area (Å²) in [7, 11) is 0. The second-order valence-corrected chi connectivity index (χ2v) is 7.48. The van der Waals surface area contributed by atoms with E-state index in [-0.39, 0.29) is 0 Å². The molecule has 0 aliphatic heterocycles. The predicted octanol–water partition coefficient (Wildman–Crippen LogP) is 4.81. The van der Waals surface area contributed by atoms with Crippen LogP contribution in [0.4, 0.5) is 23.3 Å². The summed E-state index contributed by atoms with van der Waals surface area (Å²) >= 11 is 0. The third-order valence-electron chi connectivity index (χ3n) is 5.00. The van der Waals surface area contributed by atoms with Crippen LogP contribution in [0.15, 0.2) is 121 Å². The minimum absolute atomic E-state index is 0.590. The fourth-order valence-corrected chi connectivity index (χ4v) is 3.32. The Balaban J connectivity index is 0.000000148. The standard InChI is InChI=1S/2C13H11N5/c2*1-3-7-11(8-4-1)14-13-15-16-17-18(13)12-9-5-2-6-10-12/h2*1-10H,(H,14,15,17). The first-order chi connectivity index (χ1) is 17.9. The Hall–Kier alpha value is -5.38. The van der Waals surface area contributed by atoms with Gasteiger partial charge >= 0.3 is 0 Å². The van der Waals surface area contributed by atoms with E-state index in [0.717, 1.165) is 22.7 Å². The van der Waals surface area contributed by atoms with Crippen LogP contribution in [0, 0.1) is 0 Å². The quantitative estimate of drug-likeness (QED) is 0.354. The van der Waals surface area contributed by atoms with Gasteiger partial charge in [0.1, 0.15) is 0 Å². The Morgan fingerprint density at radius 2 is 0.750 bits per heavy atom. The predicted molar refractivity (Wildman–Crippen MR) is 138 cm³/mol. The minimum atomic E-state index is 0.590. The molecule has 2 N–H and O–H groups in total. The maximum Gasteiger partial charge on any atom is 0.252 e. The van der Waals surface area contributed by atoms with E-state index in [9.17, 15) is 0 Å². The van der Waals surface area contributed by atoms with Crippen LogP contribution in [0.5, 0.6) is 0 Å². The van der Waals surface area contributed by atoms with Crippen molar-refractivity contribution in [3.63, 3.8) is 0 Å². The number of para-hydroxylation sites is 4. The lowest BCUT2D eigenvalue weighted by molar-refractivity contribution is 0.791. The normalized spacial score (nSPS) is 10.2. The SMILES string of the molecule is c1ccc(Nc2nnnn2-c2ccccc2)cc1.c1ccc(Nc2nnnn2-c2ccccc2)cc1. The number of tetrazole rings is 2. The van der Waals surface area contributed by atoms with Crippen molar-refractivity contribution >= 4 is 23.3 Å². The van der Waals surface area contributed by atoms with Gasteiger partial charge in [0.2, 0.25) is 0 Å². The minimum Gasteiger partial charge on any atom is -0.323 e. The van der Waals surface area contributed by atoms with Gasteiger partial charge in [0.25, 0.3) is 11.9 Å². The second kappa shape index (κ2) is 11.2. The molecule has 0 saturated carbocycles. The first kappa shape index (κ1) is 22.4. The van der Waals surface area contributed by atoms with Gasteiger partial charge in [0.05, 0.1) is 11.4 Å². The van der Waals surface area contributed by atoms with Gasteiger partial charge in [0.15, 0.2) is 0 Å². The van der Waals surface area contributed by atoms with Crippen LogP contribution in [-0.4, -0.2) is 40.4 Å². The molecule has 2 aromatic heterocycles. The van der Waals surface area contributed by atoms with Gasteiger partial charge in [-0.2, -0.15) is 9.36 Å². The topological polar surface area (TPSA) is 111 Å². The molecule has 4 aromatic carbocycles. The summed E-state index contributed by atoms with van der Waals surface area (Å²) in [4.78, 5) is 0. The molecule has 0 bridgehead atoms. The van der Waals surface area contributed by atoms with Gasteiger partial charge in [-0.3, -0.25) is 0 Å². The Morgan fingerprint density at radius 1 is 0.417 bits per heavy atom. The molecule has 10 heteroatoms. The zero-order valence-electron chi connectivity index (χ0n) is 19.1. The van der Waals surface area contributed by atoms with Crippen LogP contribution < -0.4 is 10.6 Å². The molecule has 0 radical (unpaired) electrons. The third kappa shape index (κ3) is 5.57. The summed E-state index contributed by atoms with van der Waals surface area (Å²) in [6.07, 6.45) is 0. The molecule has 6 rings (SSSR count). The molecule has 0 atom stereocenters. The Kier molecular flexibility index (Phi) is 6.95. The average Bonchev–Trinajstić information content (AvgIpc) is 3.61. The van der Waals surface area contributed by atoms with Crippen LogP contribution in [0.1, 0.15) is 0 Å². The van der Waals surface area contributed by atoms with Crippen molar-refractivity contribution < 1.29 is 0 Å². The van der Waals surface area contributed by atoms with E-state index >= 15 is 0 Å². The summed E-state index contributed by atoms with van der Waals surface area (Å²) in [6.45, 7) is 0. The van der Waals surface area contributed by atoms with E-state index in [2.05, 4.69) is 41.7 Å². The Bertz CT molecular complexity index is 1350. The lowest BCUT2D eigenvalue weighted by Gasteiger charge is -2.06. The first-order valence-electron chi connectivity index (χ1n) is 11.2. The molecule has 2 heterocycles. The molecule has 0 spiro atoms. The second-order valence-electron chi connectivity index (χ2n) is 7.48. The van der Waals surface area contributed by atoms with Gasteiger partial charge < -0.3 is 10.6 Å². The number of nitrogens with zero attached hydrogens (tertiary/aromatic N) is 8. The summed E-state index contributed by atoms with van der Waals surface area (Å²) in [6, 6.07) is 39.1. The fourth-order valence-electron chi connectivity index (χ4n) is 3.32. The number of benzene rings is 4. The zero-order valence-corrected chi connectivity index (χ0v) is 19.1. The van der Waals surface area contributed by atoms with Crippen molar-refractivity contribution in [3.8, 4) is 11.4 Å². The maximum atomic E-state index is 3.98. The number of nitrogens with one attached hydrogen (secondary N) is 2. The molecule has 0 fully saturated rings. The van der Waals surface area contributed by atoms with Crippen LogP contribution in [0.2, 0.25) is 0 Å². The van der Waals surface area contributed by atoms with Gasteiger partial charge in [-0.05, 0) is 69.4 Å². The fraction of sp³-hybridized carbons (Fsp3) is 0. The smallest absolute Gasteiger partial charge is 0.252 e. The van der Waals surface area contributed by atoms with E-state index < -0.39 is 0 Å². The number of rotatable bonds is 6. The van der Waals surface area contributed by atoms with Crippen LogP contribution in [-0.2, 0) is 0 Å². The monoisotopic (exact) mass is 474 g/mol. The molecular formula is C26H22N10. The molecule has 0 saturated heterocycles. The van der Waals surface area contributed by atoms with Crippen molar-refractivity contribution in [2.45, 2.75) is 0 Å². The zero-order chi connectivity index (χ0) is 24.4. The lowest BCUT2D eigenvalue weighted by Crippen LogP contribution is -2.02. The number of hydrogen-bond acceptors (Lipinski definition) is 8. The molecular weight excluding hydrogens is 452 g/mol. The van der Waals surface area contributed by atoms with Crippen molar-refractivity contribution in [3.05, 3.63) is 121 Å². The molecule has 6 aromatic rings. The lowest BCUT2D eigenvalue weighted by atomic mass is 10.3. The van der Waals surface area contributed by atoms with Crippen molar-refractivity contribution in [1.29, 1.82) is 0 Å². The van der Waals surface area contributed by atoms with E-state index in [1.165, 1.54) is 0 Å². The molecule has 0 amide bonds. The maximum absolute atomic E-state index is 3.98. The van der Waals surface area contributed by atoms with Crippen molar-refractivity contribution in [2.75, 3.05) is 10.6 Å². The highest BCUT2D eigenvalue weighted by Crippen LogP contribution is 2.17. The van der Waals surface area contributed by atoms with E-state index in [1.54, 1.807) is 9.36 Å². The highest BCUT2D eigenvalue weighted by atomic mass is 15.6. The largest absolute Gasteiger partial charge is 0.323 e. The average molecular weight is 475 g/mol. The number of aromatic nitrogens is 8. The molecule has 10 nitrogen and oxygen atoms in total. The Labute approximate surface area is 207 Å². The number of hydrogen-bond donors (Lipinski definition) is 2. The summed E-state index contributed by atoms with van der Waals surface area (Å²) < 4.78 is 3.32.